The van der Waals surface area contributed by atoms with Gasteiger partial charge in [0.2, 0.25) is 0 Å². The molecule has 0 unspecified atom stereocenters. The number of nitrogen functional groups attached to an aromatic ring is 1. The molecule has 0 atom stereocenters. The summed E-state index contributed by atoms with van der Waals surface area (Å²) in [5.41, 5.74) is 5.45. The molecule has 2 rings (SSSR count). The number of rotatable bonds is 2. The summed E-state index contributed by atoms with van der Waals surface area (Å²) < 4.78 is 1.84. The minimum absolute atomic E-state index is 0.516. The molecular weight excluding hydrogens is 152 g/mol. The summed E-state index contributed by atoms with van der Waals surface area (Å²) in [6.07, 6.45) is 4.43. The van der Waals surface area contributed by atoms with Crippen molar-refractivity contribution < 1.29 is 0 Å². The van der Waals surface area contributed by atoms with Crippen LogP contribution in [0.25, 0.3) is 0 Å². The first-order valence-electron chi connectivity index (χ1n) is 4.39. The maximum atomic E-state index is 5.45. The molecule has 1 aliphatic carbocycles. The smallest absolute Gasteiger partial charge is 0.165 e. The lowest BCUT2D eigenvalue weighted by molar-refractivity contribution is 0.181. The zero-order chi connectivity index (χ0) is 8.55. The third-order valence-corrected chi connectivity index (χ3v) is 2.47. The Balaban J connectivity index is 1.88. The van der Waals surface area contributed by atoms with Gasteiger partial charge in [0.25, 0.3) is 0 Å². The highest BCUT2D eigenvalue weighted by atomic mass is 15.4. The van der Waals surface area contributed by atoms with Crippen molar-refractivity contribution in [2.75, 3.05) is 5.73 Å². The fourth-order valence-electron chi connectivity index (χ4n) is 1.89. The second kappa shape index (κ2) is 2.77. The zero-order valence-electron chi connectivity index (χ0n) is 7.27. The zero-order valence-corrected chi connectivity index (χ0v) is 7.27. The third-order valence-electron chi connectivity index (χ3n) is 2.47. The molecule has 0 spiro atoms. The molecule has 0 aromatic carbocycles. The Labute approximate surface area is 71.8 Å². The first kappa shape index (κ1) is 7.58. The number of hydrogen-bond acceptors (Lipinski definition) is 3. The molecular formula is C8H14N4. The molecule has 4 nitrogen and oxygen atoms in total. The van der Waals surface area contributed by atoms with Gasteiger partial charge in [0.15, 0.2) is 5.82 Å². The normalized spacial score (nSPS) is 28.4. The van der Waals surface area contributed by atoms with Gasteiger partial charge in [-0.2, -0.15) is 0 Å². The Bertz CT molecular complexity index is 262. The molecule has 1 aliphatic rings. The molecule has 0 bridgehead atoms. The van der Waals surface area contributed by atoms with E-state index in [0.29, 0.717) is 5.82 Å². The Morgan fingerprint density at radius 3 is 2.92 bits per heavy atom. The Morgan fingerprint density at radius 2 is 2.42 bits per heavy atom. The van der Waals surface area contributed by atoms with Gasteiger partial charge in [-0.15, -0.1) is 5.10 Å². The molecule has 4 heteroatoms. The maximum absolute atomic E-state index is 5.45. The highest BCUT2D eigenvalue weighted by Gasteiger charge is 2.25. The van der Waals surface area contributed by atoms with E-state index in [0.717, 1.165) is 18.4 Å². The molecule has 0 radical (unpaired) electrons. The summed E-state index contributed by atoms with van der Waals surface area (Å²) in [5.74, 6) is 2.21. The predicted molar refractivity (Wildman–Crippen MR) is 46.3 cm³/mol. The van der Waals surface area contributed by atoms with Crippen LogP contribution in [0.2, 0.25) is 0 Å². The van der Waals surface area contributed by atoms with Crippen molar-refractivity contribution >= 4 is 5.82 Å². The molecule has 1 saturated carbocycles. The van der Waals surface area contributed by atoms with Crippen molar-refractivity contribution in [2.24, 2.45) is 11.8 Å². The fourth-order valence-corrected chi connectivity index (χ4v) is 1.89. The van der Waals surface area contributed by atoms with E-state index < -0.39 is 0 Å². The van der Waals surface area contributed by atoms with Gasteiger partial charge in [0.05, 0.1) is 6.20 Å². The molecule has 66 valence electrons. The molecule has 1 heterocycles. The third kappa shape index (κ3) is 1.42. The standard InChI is InChI=1S/C8H14N4/c1-6-2-7(3-6)4-12-5-8(9)10-11-12/h5-7H,2-4,9H2,1H3. The lowest BCUT2D eigenvalue weighted by Crippen LogP contribution is -2.25. The van der Waals surface area contributed by atoms with Crippen LogP contribution in [-0.2, 0) is 6.54 Å². The van der Waals surface area contributed by atoms with E-state index >= 15 is 0 Å². The number of hydrogen-bond donors (Lipinski definition) is 1. The minimum Gasteiger partial charge on any atom is -0.381 e. The predicted octanol–water partition coefficient (Wildman–Crippen LogP) is 0.906. The van der Waals surface area contributed by atoms with E-state index in [9.17, 15) is 0 Å². The van der Waals surface area contributed by atoms with Gasteiger partial charge in [-0.3, -0.25) is 4.68 Å². The van der Waals surface area contributed by atoms with Crippen LogP contribution in [0.4, 0.5) is 5.82 Å². The lowest BCUT2D eigenvalue weighted by Gasteiger charge is -2.32. The van der Waals surface area contributed by atoms with Crippen LogP contribution < -0.4 is 5.73 Å². The Morgan fingerprint density at radius 1 is 1.67 bits per heavy atom. The number of aromatic nitrogens is 3. The maximum Gasteiger partial charge on any atom is 0.165 e. The lowest BCUT2D eigenvalue weighted by atomic mass is 9.76. The van der Waals surface area contributed by atoms with Crippen LogP contribution in [-0.4, -0.2) is 15.0 Å². The average molecular weight is 166 g/mol. The van der Waals surface area contributed by atoms with E-state index in [2.05, 4.69) is 17.2 Å². The second-order valence-corrected chi connectivity index (χ2v) is 3.81. The largest absolute Gasteiger partial charge is 0.381 e. The van der Waals surface area contributed by atoms with Crippen LogP contribution in [0, 0.1) is 11.8 Å². The van der Waals surface area contributed by atoms with E-state index in [-0.39, 0.29) is 0 Å². The van der Waals surface area contributed by atoms with Crippen molar-refractivity contribution in [3.05, 3.63) is 6.20 Å². The molecule has 0 amide bonds. The number of nitrogens with zero attached hydrogens (tertiary/aromatic N) is 3. The van der Waals surface area contributed by atoms with E-state index in [1.807, 2.05) is 4.68 Å². The van der Waals surface area contributed by atoms with Gasteiger partial charge < -0.3 is 5.73 Å². The topological polar surface area (TPSA) is 56.7 Å². The van der Waals surface area contributed by atoms with Gasteiger partial charge in [0.1, 0.15) is 0 Å². The number of anilines is 1. The Hall–Kier alpha value is -1.06. The van der Waals surface area contributed by atoms with Gasteiger partial charge in [0, 0.05) is 6.54 Å². The Kier molecular flexibility index (Phi) is 1.75. The SMILES string of the molecule is CC1CC(Cn2cc(N)nn2)C1. The van der Waals surface area contributed by atoms with Gasteiger partial charge in [-0.05, 0) is 24.7 Å². The summed E-state index contributed by atoms with van der Waals surface area (Å²) in [4.78, 5) is 0. The van der Waals surface area contributed by atoms with Crippen LogP contribution >= 0.6 is 0 Å². The number of nitrogens with two attached hydrogens (primary N) is 1. The quantitative estimate of drug-likeness (QED) is 0.710. The molecule has 12 heavy (non-hydrogen) atoms. The van der Waals surface area contributed by atoms with Crippen molar-refractivity contribution in [1.82, 2.24) is 15.0 Å². The summed E-state index contributed by atoms with van der Waals surface area (Å²) >= 11 is 0. The first-order chi connectivity index (χ1) is 5.74. The molecule has 1 aromatic rings. The highest BCUT2D eigenvalue weighted by Crippen LogP contribution is 2.33. The van der Waals surface area contributed by atoms with Crippen LogP contribution in [0.5, 0.6) is 0 Å². The van der Waals surface area contributed by atoms with Crippen LogP contribution in [0.3, 0.4) is 0 Å². The molecule has 1 fully saturated rings. The molecule has 1 aromatic heterocycles. The van der Waals surface area contributed by atoms with Gasteiger partial charge >= 0.3 is 0 Å². The molecule has 0 aliphatic heterocycles. The van der Waals surface area contributed by atoms with E-state index in [1.54, 1.807) is 6.20 Å². The van der Waals surface area contributed by atoms with Gasteiger partial charge in [-0.1, -0.05) is 12.1 Å². The van der Waals surface area contributed by atoms with E-state index in [1.165, 1.54) is 12.8 Å². The molecule has 2 N–H and O–H groups in total. The van der Waals surface area contributed by atoms with Crippen molar-refractivity contribution in [1.29, 1.82) is 0 Å². The summed E-state index contributed by atoms with van der Waals surface area (Å²) in [5, 5.41) is 7.64. The summed E-state index contributed by atoms with van der Waals surface area (Å²) in [7, 11) is 0. The summed E-state index contributed by atoms with van der Waals surface area (Å²) in [6.45, 7) is 3.26. The molecule has 0 saturated heterocycles. The van der Waals surface area contributed by atoms with Crippen LogP contribution in [0.1, 0.15) is 19.8 Å². The highest BCUT2D eigenvalue weighted by molar-refractivity contribution is 5.19. The van der Waals surface area contributed by atoms with Gasteiger partial charge in [-0.25, -0.2) is 0 Å². The average Bonchev–Trinajstić information content (AvgIpc) is 2.33. The van der Waals surface area contributed by atoms with Crippen LogP contribution in [0.15, 0.2) is 6.20 Å². The monoisotopic (exact) mass is 166 g/mol. The second-order valence-electron chi connectivity index (χ2n) is 3.81. The summed E-state index contributed by atoms with van der Waals surface area (Å²) in [6, 6.07) is 0. The van der Waals surface area contributed by atoms with E-state index in [4.69, 9.17) is 5.73 Å². The minimum atomic E-state index is 0.516. The first-order valence-corrected chi connectivity index (χ1v) is 4.39. The fraction of sp³-hybridized carbons (Fsp3) is 0.750. The van der Waals surface area contributed by atoms with Crippen molar-refractivity contribution in [2.45, 2.75) is 26.3 Å². The van der Waals surface area contributed by atoms with Crippen molar-refractivity contribution in [3.8, 4) is 0 Å². The van der Waals surface area contributed by atoms with Crippen molar-refractivity contribution in [3.63, 3.8) is 0 Å².